The summed E-state index contributed by atoms with van der Waals surface area (Å²) in [6.07, 6.45) is 2.73. The van der Waals surface area contributed by atoms with E-state index in [0.29, 0.717) is 18.7 Å². The molecule has 1 aliphatic heterocycles. The van der Waals surface area contributed by atoms with Crippen molar-refractivity contribution in [3.8, 4) is 0 Å². The van der Waals surface area contributed by atoms with Crippen LogP contribution < -0.4 is 10.6 Å². The van der Waals surface area contributed by atoms with Crippen LogP contribution in [0.15, 0.2) is 18.2 Å². The Morgan fingerprint density at radius 2 is 2.26 bits per heavy atom. The van der Waals surface area contributed by atoms with E-state index in [1.807, 2.05) is 6.07 Å². The standard InChI is InChI=1S/C15H23FN2O/c1-15(19-2)8-4-10-18(11-15)14-12(7-9-17)5-3-6-13(14)16/h3,5-6H,4,7-11,17H2,1-2H3. The number of nitrogens with two attached hydrogens (primary N) is 1. The normalized spacial score (nSPS) is 23.7. The van der Waals surface area contributed by atoms with E-state index in [1.54, 1.807) is 13.2 Å². The van der Waals surface area contributed by atoms with Crippen molar-refractivity contribution in [1.82, 2.24) is 0 Å². The van der Waals surface area contributed by atoms with Crippen LogP contribution in [0.3, 0.4) is 0 Å². The minimum absolute atomic E-state index is 0.161. The number of ether oxygens (including phenoxy) is 1. The van der Waals surface area contributed by atoms with Gasteiger partial charge in [-0.3, -0.25) is 0 Å². The molecule has 0 saturated carbocycles. The highest BCUT2D eigenvalue weighted by Crippen LogP contribution is 2.32. The van der Waals surface area contributed by atoms with Crippen molar-refractivity contribution in [2.24, 2.45) is 5.73 Å². The fourth-order valence-corrected chi connectivity index (χ4v) is 2.83. The van der Waals surface area contributed by atoms with Gasteiger partial charge >= 0.3 is 0 Å². The lowest BCUT2D eigenvalue weighted by Crippen LogP contribution is -2.48. The van der Waals surface area contributed by atoms with Gasteiger partial charge in [-0.15, -0.1) is 0 Å². The van der Waals surface area contributed by atoms with Crippen molar-refractivity contribution in [3.63, 3.8) is 0 Å². The Kier molecular flexibility index (Phi) is 4.42. The van der Waals surface area contributed by atoms with Gasteiger partial charge in [-0.1, -0.05) is 12.1 Å². The summed E-state index contributed by atoms with van der Waals surface area (Å²) in [5.41, 5.74) is 7.12. The van der Waals surface area contributed by atoms with Gasteiger partial charge in [0.05, 0.1) is 11.3 Å². The first-order chi connectivity index (χ1) is 9.09. The van der Waals surface area contributed by atoms with E-state index < -0.39 is 0 Å². The van der Waals surface area contributed by atoms with Crippen molar-refractivity contribution >= 4 is 5.69 Å². The zero-order valence-corrected chi connectivity index (χ0v) is 11.8. The van der Waals surface area contributed by atoms with E-state index in [9.17, 15) is 4.39 Å². The predicted octanol–water partition coefficient (Wildman–Crippen LogP) is 2.33. The highest BCUT2D eigenvalue weighted by molar-refractivity contribution is 5.55. The molecule has 0 amide bonds. The van der Waals surface area contributed by atoms with Crippen molar-refractivity contribution in [1.29, 1.82) is 0 Å². The molecule has 2 N–H and O–H groups in total. The third-order valence-corrected chi connectivity index (χ3v) is 3.95. The van der Waals surface area contributed by atoms with Gasteiger partial charge < -0.3 is 15.4 Å². The maximum Gasteiger partial charge on any atom is 0.146 e. The summed E-state index contributed by atoms with van der Waals surface area (Å²) in [7, 11) is 1.73. The van der Waals surface area contributed by atoms with E-state index in [0.717, 1.165) is 31.5 Å². The Bertz CT molecular complexity index is 438. The summed E-state index contributed by atoms with van der Waals surface area (Å²) in [6, 6.07) is 5.24. The van der Waals surface area contributed by atoms with Gasteiger partial charge in [0.15, 0.2) is 0 Å². The van der Waals surface area contributed by atoms with Crippen LogP contribution in [0.2, 0.25) is 0 Å². The number of piperidine rings is 1. The molecule has 0 bridgehead atoms. The maximum absolute atomic E-state index is 14.2. The number of nitrogens with zero attached hydrogens (tertiary/aromatic N) is 1. The average molecular weight is 266 g/mol. The fourth-order valence-electron chi connectivity index (χ4n) is 2.83. The van der Waals surface area contributed by atoms with Gasteiger partial charge in [-0.05, 0) is 44.4 Å². The van der Waals surface area contributed by atoms with Gasteiger partial charge in [-0.2, -0.15) is 0 Å². The van der Waals surface area contributed by atoms with Gasteiger partial charge in [0.2, 0.25) is 0 Å². The highest BCUT2D eigenvalue weighted by atomic mass is 19.1. The quantitative estimate of drug-likeness (QED) is 0.909. The molecule has 0 radical (unpaired) electrons. The third-order valence-electron chi connectivity index (χ3n) is 3.95. The first-order valence-corrected chi connectivity index (χ1v) is 6.87. The molecule has 1 heterocycles. The number of benzene rings is 1. The Balaban J connectivity index is 2.30. The third kappa shape index (κ3) is 3.07. The van der Waals surface area contributed by atoms with Crippen LogP contribution in [0.25, 0.3) is 0 Å². The zero-order chi connectivity index (χ0) is 13.9. The molecule has 3 nitrogen and oxygen atoms in total. The summed E-state index contributed by atoms with van der Waals surface area (Å²) >= 11 is 0. The van der Waals surface area contributed by atoms with Gasteiger partial charge in [0.1, 0.15) is 5.82 Å². The van der Waals surface area contributed by atoms with E-state index >= 15 is 0 Å². The Labute approximate surface area is 114 Å². The van der Waals surface area contributed by atoms with Crippen molar-refractivity contribution in [3.05, 3.63) is 29.6 Å². The molecule has 19 heavy (non-hydrogen) atoms. The summed E-state index contributed by atoms with van der Waals surface area (Å²) in [5, 5.41) is 0. The van der Waals surface area contributed by atoms with Crippen LogP contribution in [0.4, 0.5) is 10.1 Å². The predicted molar refractivity (Wildman–Crippen MR) is 76.0 cm³/mol. The Morgan fingerprint density at radius 3 is 2.95 bits per heavy atom. The topological polar surface area (TPSA) is 38.5 Å². The number of hydrogen-bond acceptors (Lipinski definition) is 3. The average Bonchev–Trinajstić information content (AvgIpc) is 2.39. The van der Waals surface area contributed by atoms with Crippen LogP contribution in [-0.2, 0) is 11.2 Å². The van der Waals surface area contributed by atoms with Crippen LogP contribution >= 0.6 is 0 Å². The van der Waals surface area contributed by atoms with E-state index in [1.165, 1.54) is 6.07 Å². The number of methoxy groups -OCH3 is 1. The maximum atomic E-state index is 14.2. The molecule has 0 aromatic heterocycles. The summed E-state index contributed by atoms with van der Waals surface area (Å²) in [4.78, 5) is 2.10. The molecule has 106 valence electrons. The van der Waals surface area contributed by atoms with Crippen molar-refractivity contribution in [2.45, 2.75) is 31.8 Å². The molecule has 0 aliphatic carbocycles. The zero-order valence-electron chi connectivity index (χ0n) is 11.8. The number of anilines is 1. The largest absolute Gasteiger partial charge is 0.377 e. The Morgan fingerprint density at radius 1 is 1.47 bits per heavy atom. The van der Waals surface area contributed by atoms with Crippen molar-refractivity contribution in [2.75, 3.05) is 31.6 Å². The second-order valence-corrected chi connectivity index (χ2v) is 5.47. The summed E-state index contributed by atoms with van der Waals surface area (Å²) in [6.45, 7) is 4.22. The molecule has 1 fully saturated rings. The molecule has 1 unspecified atom stereocenters. The van der Waals surface area contributed by atoms with Crippen LogP contribution in [-0.4, -0.2) is 32.3 Å². The molecule has 2 rings (SSSR count). The molecular formula is C15H23FN2O. The number of rotatable bonds is 4. The lowest BCUT2D eigenvalue weighted by atomic mass is 9.93. The Hall–Kier alpha value is -1.13. The summed E-state index contributed by atoms with van der Waals surface area (Å²) < 4.78 is 19.8. The molecule has 1 aliphatic rings. The molecule has 4 heteroatoms. The van der Waals surface area contributed by atoms with E-state index in [2.05, 4.69) is 11.8 Å². The second-order valence-electron chi connectivity index (χ2n) is 5.47. The highest BCUT2D eigenvalue weighted by Gasteiger charge is 2.32. The van der Waals surface area contributed by atoms with E-state index in [4.69, 9.17) is 10.5 Å². The fraction of sp³-hybridized carbons (Fsp3) is 0.600. The molecule has 1 aromatic carbocycles. The molecule has 0 spiro atoms. The first-order valence-electron chi connectivity index (χ1n) is 6.87. The smallest absolute Gasteiger partial charge is 0.146 e. The van der Waals surface area contributed by atoms with Gasteiger partial charge in [0, 0.05) is 20.2 Å². The minimum Gasteiger partial charge on any atom is -0.377 e. The summed E-state index contributed by atoms with van der Waals surface area (Å²) in [5.74, 6) is -0.161. The van der Waals surface area contributed by atoms with E-state index in [-0.39, 0.29) is 11.4 Å². The van der Waals surface area contributed by atoms with Crippen LogP contribution in [0.1, 0.15) is 25.3 Å². The SMILES string of the molecule is COC1(C)CCCN(c2c(F)cccc2CCN)C1. The molecule has 1 saturated heterocycles. The number of halogens is 1. The molecular weight excluding hydrogens is 243 g/mol. The monoisotopic (exact) mass is 266 g/mol. The molecule has 1 aromatic rings. The van der Waals surface area contributed by atoms with Crippen molar-refractivity contribution < 1.29 is 9.13 Å². The minimum atomic E-state index is -0.194. The van der Waals surface area contributed by atoms with Crippen LogP contribution in [0.5, 0.6) is 0 Å². The lowest BCUT2D eigenvalue weighted by Gasteiger charge is -2.41. The number of para-hydroxylation sites is 1. The second kappa shape index (κ2) is 5.88. The first kappa shape index (κ1) is 14.3. The molecule has 1 atom stereocenters. The van der Waals surface area contributed by atoms with Crippen LogP contribution in [0, 0.1) is 5.82 Å². The lowest BCUT2D eigenvalue weighted by molar-refractivity contribution is -0.00479. The van der Waals surface area contributed by atoms with Gasteiger partial charge in [0.25, 0.3) is 0 Å². The number of hydrogen-bond donors (Lipinski definition) is 1. The van der Waals surface area contributed by atoms with Gasteiger partial charge in [-0.25, -0.2) is 4.39 Å².